The first-order valence-corrected chi connectivity index (χ1v) is 7.02. The van der Waals surface area contributed by atoms with E-state index in [0.717, 1.165) is 24.6 Å². The zero-order valence-corrected chi connectivity index (χ0v) is 11.5. The van der Waals surface area contributed by atoms with Gasteiger partial charge in [0.1, 0.15) is 5.82 Å². The van der Waals surface area contributed by atoms with Crippen LogP contribution >= 0.6 is 0 Å². The minimum absolute atomic E-state index is 0.317. The van der Waals surface area contributed by atoms with Crippen LogP contribution in [0.25, 0.3) is 11.5 Å². The highest BCUT2D eigenvalue weighted by molar-refractivity contribution is 5.70. The summed E-state index contributed by atoms with van der Waals surface area (Å²) < 4.78 is 18.3. The number of nitrogens with zero attached hydrogens (tertiary/aromatic N) is 2. The molecule has 106 valence electrons. The highest BCUT2D eigenvalue weighted by Gasteiger charge is 2.24. The maximum atomic E-state index is 13.0. The van der Waals surface area contributed by atoms with Crippen molar-refractivity contribution in [3.63, 3.8) is 0 Å². The number of benzene rings is 1. The maximum absolute atomic E-state index is 13.0. The van der Waals surface area contributed by atoms with E-state index in [2.05, 4.69) is 17.1 Å². The van der Waals surface area contributed by atoms with E-state index in [-0.39, 0.29) is 5.82 Å². The summed E-state index contributed by atoms with van der Waals surface area (Å²) in [4.78, 5) is 4.44. The Morgan fingerprint density at radius 2 is 2.00 bits per heavy atom. The van der Waals surface area contributed by atoms with Gasteiger partial charge in [0.25, 0.3) is 5.89 Å². The Bertz CT molecular complexity index is 603. The van der Waals surface area contributed by atoms with E-state index in [1.165, 1.54) is 25.0 Å². The summed E-state index contributed by atoms with van der Waals surface area (Å²) in [5, 5.41) is 4.07. The van der Waals surface area contributed by atoms with Crippen LogP contribution in [0, 0.1) is 11.7 Å². The fourth-order valence-electron chi connectivity index (χ4n) is 2.76. The summed E-state index contributed by atoms with van der Waals surface area (Å²) in [6.07, 6.45) is 4.60. The summed E-state index contributed by atoms with van der Waals surface area (Å²) in [5.74, 6) is 1.90. The van der Waals surface area contributed by atoms with Gasteiger partial charge in [-0.1, -0.05) is 24.9 Å². The van der Waals surface area contributed by atoms with Gasteiger partial charge >= 0.3 is 0 Å². The minimum Gasteiger partial charge on any atom is -0.398 e. The number of hydrogen-bond donors (Lipinski definition) is 1. The molecule has 5 heteroatoms. The fraction of sp³-hybridized carbons (Fsp3) is 0.467. The molecule has 0 saturated heterocycles. The van der Waals surface area contributed by atoms with Crippen molar-refractivity contribution < 1.29 is 8.91 Å². The summed E-state index contributed by atoms with van der Waals surface area (Å²) in [6, 6.07) is 4.18. The average Bonchev–Trinajstić information content (AvgIpc) is 2.89. The van der Waals surface area contributed by atoms with Gasteiger partial charge in [-0.15, -0.1) is 0 Å². The standard InChI is InChI=1S/C15H18FN3O/c1-9-2-4-10(5-3-9)14-18-15(20-19-14)12-7-6-11(16)8-13(12)17/h6-10H,2-5,17H2,1H3. The lowest BCUT2D eigenvalue weighted by Gasteiger charge is -2.23. The third-order valence-electron chi connectivity index (χ3n) is 4.07. The molecule has 2 N–H and O–H groups in total. The van der Waals surface area contributed by atoms with Crippen LogP contribution < -0.4 is 5.73 Å². The van der Waals surface area contributed by atoms with E-state index in [1.54, 1.807) is 6.07 Å². The van der Waals surface area contributed by atoms with Crippen molar-refractivity contribution >= 4 is 5.69 Å². The molecule has 2 aromatic rings. The van der Waals surface area contributed by atoms with Crippen LogP contribution in [0.5, 0.6) is 0 Å². The molecular formula is C15H18FN3O. The Labute approximate surface area is 117 Å². The second-order valence-electron chi connectivity index (χ2n) is 5.65. The number of rotatable bonds is 2. The Hall–Kier alpha value is -1.91. The molecule has 1 aromatic carbocycles. The number of aromatic nitrogens is 2. The maximum Gasteiger partial charge on any atom is 0.260 e. The van der Waals surface area contributed by atoms with Crippen molar-refractivity contribution in [3.8, 4) is 11.5 Å². The first-order valence-electron chi connectivity index (χ1n) is 7.02. The number of halogens is 1. The lowest BCUT2D eigenvalue weighted by atomic mass is 9.83. The summed E-state index contributed by atoms with van der Waals surface area (Å²) in [5.41, 5.74) is 6.70. The Kier molecular flexibility index (Phi) is 3.42. The number of hydrogen-bond acceptors (Lipinski definition) is 4. The normalized spacial score (nSPS) is 22.9. The predicted octanol–water partition coefficient (Wildman–Crippen LogP) is 3.75. The van der Waals surface area contributed by atoms with Crippen molar-refractivity contribution in [2.75, 3.05) is 5.73 Å². The second kappa shape index (κ2) is 5.23. The van der Waals surface area contributed by atoms with Crippen molar-refractivity contribution in [1.29, 1.82) is 0 Å². The Morgan fingerprint density at radius 3 is 2.70 bits per heavy atom. The van der Waals surface area contributed by atoms with Crippen molar-refractivity contribution in [1.82, 2.24) is 10.1 Å². The lowest BCUT2D eigenvalue weighted by molar-refractivity contribution is 0.329. The van der Waals surface area contributed by atoms with Gasteiger partial charge in [0.15, 0.2) is 5.82 Å². The van der Waals surface area contributed by atoms with E-state index in [1.807, 2.05) is 0 Å². The van der Waals surface area contributed by atoms with Gasteiger partial charge in [0.05, 0.1) is 5.56 Å². The molecule has 0 amide bonds. The van der Waals surface area contributed by atoms with Gasteiger partial charge in [0.2, 0.25) is 0 Å². The van der Waals surface area contributed by atoms with Crippen LogP contribution in [0.2, 0.25) is 0 Å². The molecular weight excluding hydrogens is 257 g/mol. The van der Waals surface area contributed by atoms with Crippen LogP contribution in [0.3, 0.4) is 0 Å². The van der Waals surface area contributed by atoms with Crippen LogP contribution in [0.15, 0.2) is 22.7 Å². The van der Waals surface area contributed by atoms with Gasteiger partial charge < -0.3 is 10.3 Å². The molecule has 1 heterocycles. The van der Waals surface area contributed by atoms with Crippen molar-refractivity contribution in [2.24, 2.45) is 5.92 Å². The first-order chi connectivity index (χ1) is 9.63. The fourth-order valence-corrected chi connectivity index (χ4v) is 2.76. The Balaban J connectivity index is 1.83. The van der Waals surface area contributed by atoms with Gasteiger partial charge in [-0.25, -0.2) is 4.39 Å². The molecule has 1 aliphatic carbocycles. The van der Waals surface area contributed by atoms with Gasteiger partial charge in [-0.3, -0.25) is 0 Å². The third-order valence-corrected chi connectivity index (χ3v) is 4.07. The molecule has 1 aromatic heterocycles. The van der Waals surface area contributed by atoms with Crippen LogP contribution in [-0.4, -0.2) is 10.1 Å². The molecule has 1 fully saturated rings. The zero-order chi connectivity index (χ0) is 14.1. The van der Waals surface area contributed by atoms with E-state index in [4.69, 9.17) is 10.3 Å². The lowest BCUT2D eigenvalue weighted by Crippen LogP contribution is -2.11. The summed E-state index contributed by atoms with van der Waals surface area (Å²) in [7, 11) is 0. The smallest absolute Gasteiger partial charge is 0.260 e. The SMILES string of the molecule is CC1CCC(c2noc(-c3ccc(F)cc3N)n2)CC1. The highest BCUT2D eigenvalue weighted by Crippen LogP contribution is 2.35. The molecule has 0 aliphatic heterocycles. The first kappa shape index (κ1) is 13.1. The molecule has 0 radical (unpaired) electrons. The summed E-state index contributed by atoms with van der Waals surface area (Å²) >= 11 is 0. The molecule has 1 aliphatic rings. The molecule has 20 heavy (non-hydrogen) atoms. The molecule has 0 spiro atoms. The molecule has 0 bridgehead atoms. The van der Waals surface area contributed by atoms with Crippen LogP contribution in [0.1, 0.15) is 44.3 Å². The van der Waals surface area contributed by atoms with E-state index < -0.39 is 0 Å². The van der Waals surface area contributed by atoms with Crippen molar-refractivity contribution in [2.45, 2.75) is 38.5 Å². The zero-order valence-electron chi connectivity index (χ0n) is 11.5. The van der Waals surface area contributed by atoms with Crippen LogP contribution in [0.4, 0.5) is 10.1 Å². The number of anilines is 1. The monoisotopic (exact) mass is 275 g/mol. The minimum atomic E-state index is -0.368. The molecule has 0 unspecified atom stereocenters. The molecule has 0 atom stereocenters. The van der Waals surface area contributed by atoms with E-state index in [0.29, 0.717) is 23.1 Å². The van der Waals surface area contributed by atoms with Crippen molar-refractivity contribution in [3.05, 3.63) is 29.8 Å². The Morgan fingerprint density at radius 1 is 1.25 bits per heavy atom. The van der Waals surface area contributed by atoms with Gasteiger partial charge in [-0.05, 0) is 37.0 Å². The molecule has 3 rings (SSSR count). The van der Waals surface area contributed by atoms with Crippen LogP contribution in [-0.2, 0) is 0 Å². The second-order valence-corrected chi connectivity index (χ2v) is 5.65. The largest absolute Gasteiger partial charge is 0.398 e. The quantitative estimate of drug-likeness (QED) is 0.848. The number of nitrogens with two attached hydrogens (primary N) is 1. The average molecular weight is 275 g/mol. The molecule has 4 nitrogen and oxygen atoms in total. The van der Waals surface area contributed by atoms with E-state index >= 15 is 0 Å². The summed E-state index contributed by atoms with van der Waals surface area (Å²) in [6.45, 7) is 2.27. The molecule has 1 saturated carbocycles. The number of nitrogen functional groups attached to an aromatic ring is 1. The predicted molar refractivity (Wildman–Crippen MR) is 74.5 cm³/mol. The van der Waals surface area contributed by atoms with Gasteiger partial charge in [-0.2, -0.15) is 4.98 Å². The third kappa shape index (κ3) is 2.53. The highest BCUT2D eigenvalue weighted by atomic mass is 19.1. The van der Waals surface area contributed by atoms with Gasteiger partial charge in [0, 0.05) is 11.6 Å². The van der Waals surface area contributed by atoms with E-state index in [9.17, 15) is 4.39 Å². The topological polar surface area (TPSA) is 64.9 Å².